The largest absolute Gasteiger partial charge is 0.466 e. The van der Waals surface area contributed by atoms with Gasteiger partial charge >= 0.3 is 5.97 Å². The second-order valence-electron chi connectivity index (χ2n) is 3.43. The first kappa shape index (κ1) is 14.8. The Morgan fingerprint density at radius 2 is 2.28 bits per heavy atom. The Labute approximate surface area is 108 Å². The van der Waals surface area contributed by atoms with Crippen LogP contribution in [-0.4, -0.2) is 17.6 Å². The molecule has 100 valence electrons. The number of pyridine rings is 1. The molecule has 1 rings (SSSR count). The normalized spacial score (nSPS) is 10.8. The van der Waals surface area contributed by atoms with E-state index in [1.54, 1.807) is 6.92 Å². The van der Waals surface area contributed by atoms with E-state index in [1.807, 2.05) is 0 Å². The van der Waals surface area contributed by atoms with Gasteiger partial charge in [0, 0.05) is 18.3 Å². The van der Waals surface area contributed by atoms with Gasteiger partial charge in [-0.25, -0.2) is 8.78 Å². The number of nitrogens with zero attached hydrogens (tertiary/aromatic N) is 1. The van der Waals surface area contributed by atoms with Gasteiger partial charge in [0.15, 0.2) is 0 Å². The van der Waals surface area contributed by atoms with Crippen molar-refractivity contribution in [2.45, 2.75) is 26.3 Å². The van der Waals surface area contributed by atoms with E-state index in [-0.39, 0.29) is 41.4 Å². The maximum atomic E-state index is 13.0. The van der Waals surface area contributed by atoms with Crippen molar-refractivity contribution in [2.75, 3.05) is 6.61 Å². The van der Waals surface area contributed by atoms with Crippen LogP contribution in [0.3, 0.4) is 0 Å². The molecule has 0 aromatic carbocycles. The minimum absolute atomic E-state index is 0.0479. The average molecular weight is 279 g/mol. The lowest BCUT2D eigenvalue weighted by molar-refractivity contribution is -0.142. The Hall–Kier alpha value is -1.27. The molecular weight excluding hydrogens is 266 g/mol. The molecular formula is C11H13ClF2N2O2. The highest BCUT2D eigenvalue weighted by molar-refractivity contribution is 6.31. The van der Waals surface area contributed by atoms with Crippen molar-refractivity contribution in [3.63, 3.8) is 0 Å². The van der Waals surface area contributed by atoms with E-state index < -0.39 is 12.4 Å². The summed E-state index contributed by atoms with van der Waals surface area (Å²) in [5, 5.41) is 0.0698. The average Bonchev–Trinajstić information content (AvgIpc) is 2.30. The van der Waals surface area contributed by atoms with Crippen molar-refractivity contribution >= 4 is 17.6 Å². The summed E-state index contributed by atoms with van der Waals surface area (Å²) < 4.78 is 30.7. The topological polar surface area (TPSA) is 65.2 Å². The molecule has 0 radical (unpaired) electrons. The van der Waals surface area contributed by atoms with Crippen molar-refractivity contribution < 1.29 is 18.3 Å². The lowest BCUT2D eigenvalue weighted by Gasteiger charge is -2.13. The molecule has 1 aromatic heterocycles. The third-order valence-corrected chi connectivity index (χ3v) is 2.62. The van der Waals surface area contributed by atoms with E-state index >= 15 is 0 Å². The van der Waals surface area contributed by atoms with Gasteiger partial charge in [0.05, 0.1) is 23.7 Å². The number of rotatable bonds is 5. The number of carbonyl (C=O) groups excluding carboxylic acids is 1. The molecule has 0 aliphatic carbocycles. The molecule has 0 saturated heterocycles. The van der Waals surface area contributed by atoms with Crippen LogP contribution >= 0.6 is 11.6 Å². The van der Waals surface area contributed by atoms with Gasteiger partial charge in [-0.15, -0.1) is 0 Å². The van der Waals surface area contributed by atoms with Gasteiger partial charge in [0.1, 0.15) is 0 Å². The quantitative estimate of drug-likeness (QED) is 0.839. The molecule has 2 N–H and O–H groups in total. The molecule has 1 heterocycles. The van der Waals surface area contributed by atoms with Crippen LogP contribution in [0.15, 0.2) is 6.20 Å². The maximum Gasteiger partial charge on any atom is 0.311 e. The van der Waals surface area contributed by atoms with Crippen LogP contribution in [0.25, 0.3) is 0 Å². The highest BCUT2D eigenvalue weighted by Crippen LogP contribution is 2.30. The SMILES string of the molecule is CCOC(=O)Cc1ncc(Cl)c(CN)c1C(F)F. The summed E-state index contributed by atoms with van der Waals surface area (Å²) >= 11 is 5.75. The van der Waals surface area contributed by atoms with Crippen LogP contribution in [0.5, 0.6) is 0 Å². The molecule has 0 spiro atoms. The van der Waals surface area contributed by atoms with Crippen LogP contribution in [0, 0.1) is 0 Å². The van der Waals surface area contributed by atoms with Crippen LogP contribution < -0.4 is 5.73 Å². The van der Waals surface area contributed by atoms with E-state index in [1.165, 1.54) is 6.20 Å². The summed E-state index contributed by atoms with van der Waals surface area (Å²) in [7, 11) is 0. The van der Waals surface area contributed by atoms with Crippen LogP contribution in [0.2, 0.25) is 5.02 Å². The number of halogens is 3. The molecule has 7 heteroatoms. The zero-order chi connectivity index (χ0) is 13.7. The number of alkyl halides is 2. The van der Waals surface area contributed by atoms with Crippen LogP contribution in [0.4, 0.5) is 8.78 Å². The molecule has 0 aliphatic heterocycles. The number of esters is 1. The van der Waals surface area contributed by atoms with Gasteiger partial charge in [0.2, 0.25) is 0 Å². The van der Waals surface area contributed by atoms with Gasteiger partial charge in [-0.1, -0.05) is 11.6 Å². The summed E-state index contributed by atoms with van der Waals surface area (Å²) in [6.45, 7) is 1.67. The fourth-order valence-electron chi connectivity index (χ4n) is 1.54. The van der Waals surface area contributed by atoms with Gasteiger partial charge in [0.25, 0.3) is 6.43 Å². The fourth-order valence-corrected chi connectivity index (χ4v) is 1.77. The van der Waals surface area contributed by atoms with Crippen molar-refractivity contribution in [3.05, 3.63) is 28.0 Å². The maximum absolute atomic E-state index is 13.0. The van der Waals surface area contributed by atoms with Gasteiger partial charge in [-0.2, -0.15) is 0 Å². The molecule has 1 aromatic rings. The smallest absolute Gasteiger partial charge is 0.311 e. The number of hydrogen-bond acceptors (Lipinski definition) is 4. The molecule has 0 bridgehead atoms. The third kappa shape index (κ3) is 3.36. The number of aromatic nitrogens is 1. The van der Waals surface area contributed by atoms with Crippen molar-refractivity contribution in [2.24, 2.45) is 5.73 Å². The van der Waals surface area contributed by atoms with E-state index in [2.05, 4.69) is 4.98 Å². The Morgan fingerprint density at radius 3 is 2.78 bits per heavy atom. The number of ether oxygens (including phenoxy) is 1. The lowest BCUT2D eigenvalue weighted by atomic mass is 10.0. The first-order chi connectivity index (χ1) is 8.51. The summed E-state index contributed by atoms with van der Waals surface area (Å²) in [6.07, 6.45) is -1.90. The van der Waals surface area contributed by atoms with Crippen molar-refractivity contribution in [1.82, 2.24) is 4.98 Å². The summed E-state index contributed by atoms with van der Waals surface area (Å²) in [5.74, 6) is -0.614. The first-order valence-corrected chi connectivity index (χ1v) is 5.69. The highest BCUT2D eigenvalue weighted by atomic mass is 35.5. The van der Waals surface area contributed by atoms with E-state index in [4.69, 9.17) is 22.1 Å². The highest BCUT2D eigenvalue weighted by Gasteiger charge is 2.22. The van der Waals surface area contributed by atoms with Crippen molar-refractivity contribution in [3.8, 4) is 0 Å². The molecule has 0 atom stereocenters. The molecule has 0 fully saturated rings. The number of hydrogen-bond donors (Lipinski definition) is 1. The fraction of sp³-hybridized carbons (Fsp3) is 0.455. The Kier molecular flexibility index (Phi) is 5.43. The number of carbonyl (C=O) groups is 1. The third-order valence-electron chi connectivity index (χ3n) is 2.30. The van der Waals surface area contributed by atoms with Crippen LogP contribution in [-0.2, 0) is 22.5 Å². The van der Waals surface area contributed by atoms with E-state index in [0.29, 0.717) is 0 Å². The summed E-state index contributed by atoms with van der Waals surface area (Å²) in [5.41, 5.74) is 5.07. The Morgan fingerprint density at radius 1 is 1.61 bits per heavy atom. The monoisotopic (exact) mass is 278 g/mol. The second kappa shape index (κ2) is 6.61. The van der Waals surface area contributed by atoms with E-state index in [0.717, 1.165) is 0 Å². The Balaban J connectivity index is 3.15. The number of nitrogens with two attached hydrogens (primary N) is 1. The lowest BCUT2D eigenvalue weighted by Crippen LogP contribution is -2.14. The second-order valence-corrected chi connectivity index (χ2v) is 3.84. The minimum Gasteiger partial charge on any atom is -0.466 e. The summed E-state index contributed by atoms with van der Waals surface area (Å²) in [6, 6.07) is 0. The molecule has 0 saturated carbocycles. The molecule has 0 amide bonds. The zero-order valence-electron chi connectivity index (χ0n) is 9.75. The predicted octanol–water partition coefficient (Wildman–Crippen LogP) is 2.24. The molecule has 4 nitrogen and oxygen atoms in total. The summed E-state index contributed by atoms with van der Waals surface area (Å²) in [4.78, 5) is 15.1. The predicted molar refractivity (Wildman–Crippen MR) is 62.4 cm³/mol. The van der Waals surface area contributed by atoms with Gasteiger partial charge < -0.3 is 10.5 Å². The van der Waals surface area contributed by atoms with Gasteiger partial charge in [-0.3, -0.25) is 9.78 Å². The molecule has 0 aliphatic rings. The first-order valence-electron chi connectivity index (χ1n) is 5.31. The minimum atomic E-state index is -2.79. The van der Waals surface area contributed by atoms with Crippen LogP contribution in [0.1, 0.15) is 30.2 Å². The van der Waals surface area contributed by atoms with Gasteiger partial charge in [-0.05, 0) is 12.5 Å². The van der Waals surface area contributed by atoms with Crippen molar-refractivity contribution in [1.29, 1.82) is 0 Å². The Bertz CT molecular complexity index is 441. The zero-order valence-corrected chi connectivity index (χ0v) is 10.5. The molecule has 0 unspecified atom stereocenters. The van der Waals surface area contributed by atoms with E-state index in [9.17, 15) is 13.6 Å². The standard InChI is InChI=1S/C11H13ClF2N2O2/c1-2-18-9(17)3-8-10(11(13)14)6(4-15)7(12)5-16-8/h5,11H,2-4,15H2,1H3. The molecule has 18 heavy (non-hydrogen) atoms.